The number of hydrogen-bond acceptors (Lipinski definition) is 4. The Morgan fingerprint density at radius 3 is 2.67 bits per heavy atom. The van der Waals surface area contributed by atoms with E-state index in [-0.39, 0.29) is 11.5 Å². The summed E-state index contributed by atoms with van der Waals surface area (Å²) in [7, 11) is 0. The van der Waals surface area contributed by atoms with Crippen LogP contribution in [-0.4, -0.2) is 17.0 Å². The largest absolute Gasteiger partial charge is 0.300 e. The Hall–Kier alpha value is -1.36. The van der Waals surface area contributed by atoms with Gasteiger partial charge in [-0.3, -0.25) is 14.9 Å². The number of non-ortho nitro benzene ring substituents is 1. The minimum absolute atomic E-state index is 0.0548. The molecular weight excluding hydrogens is 214 g/mol. The van der Waals surface area contributed by atoms with E-state index in [1.165, 1.54) is 30.8 Å². The quantitative estimate of drug-likeness (QED) is 0.448. The highest BCUT2D eigenvalue weighted by Gasteiger charge is 2.11. The summed E-state index contributed by atoms with van der Waals surface area (Å²) in [4.78, 5) is 21.8. The summed E-state index contributed by atoms with van der Waals surface area (Å²) in [5, 5.41) is 10.5. The SMILES string of the molecule is CSc1cc([N+](=O)[O-])ccc1CC(C)=O. The highest BCUT2D eigenvalue weighted by Crippen LogP contribution is 2.25. The van der Waals surface area contributed by atoms with Crippen molar-refractivity contribution in [2.24, 2.45) is 0 Å². The molecular formula is C10H11NO3S. The van der Waals surface area contributed by atoms with E-state index in [9.17, 15) is 14.9 Å². The molecule has 5 heteroatoms. The molecule has 0 bridgehead atoms. The van der Waals surface area contributed by atoms with E-state index in [1.807, 2.05) is 6.26 Å². The van der Waals surface area contributed by atoms with Gasteiger partial charge >= 0.3 is 0 Å². The maximum Gasteiger partial charge on any atom is 0.270 e. The van der Waals surface area contributed by atoms with Gasteiger partial charge in [-0.05, 0) is 18.7 Å². The van der Waals surface area contributed by atoms with E-state index in [0.29, 0.717) is 6.42 Å². The Morgan fingerprint density at radius 2 is 2.20 bits per heavy atom. The van der Waals surface area contributed by atoms with Crippen molar-refractivity contribution >= 4 is 23.2 Å². The van der Waals surface area contributed by atoms with Gasteiger partial charge in [0.1, 0.15) is 5.78 Å². The molecule has 0 N–H and O–H groups in total. The van der Waals surface area contributed by atoms with Crippen LogP contribution in [0.25, 0.3) is 0 Å². The molecule has 0 saturated carbocycles. The Labute approximate surface area is 91.8 Å². The lowest BCUT2D eigenvalue weighted by molar-refractivity contribution is -0.385. The van der Waals surface area contributed by atoms with Crippen molar-refractivity contribution in [1.82, 2.24) is 0 Å². The summed E-state index contributed by atoms with van der Waals surface area (Å²) in [6.45, 7) is 1.51. The molecule has 0 aliphatic rings. The number of nitro benzene ring substituents is 1. The van der Waals surface area contributed by atoms with Crippen LogP contribution in [-0.2, 0) is 11.2 Å². The van der Waals surface area contributed by atoms with Gasteiger partial charge in [0, 0.05) is 23.4 Å². The molecule has 80 valence electrons. The van der Waals surface area contributed by atoms with Gasteiger partial charge in [-0.25, -0.2) is 0 Å². The van der Waals surface area contributed by atoms with Gasteiger partial charge in [0.05, 0.1) is 4.92 Å². The first-order valence-electron chi connectivity index (χ1n) is 4.35. The van der Waals surface area contributed by atoms with Crippen molar-refractivity contribution in [1.29, 1.82) is 0 Å². The van der Waals surface area contributed by atoms with Gasteiger partial charge < -0.3 is 0 Å². The van der Waals surface area contributed by atoms with E-state index in [0.717, 1.165) is 10.5 Å². The number of nitrogens with zero attached hydrogens (tertiary/aromatic N) is 1. The van der Waals surface area contributed by atoms with Crippen molar-refractivity contribution in [3.8, 4) is 0 Å². The predicted octanol–water partition coefficient (Wildman–Crippen LogP) is 2.45. The second-order valence-electron chi connectivity index (χ2n) is 3.13. The van der Waals surface area contributed by atoms with Crippen LogP contribution < -0.4 is 0 Å². The lowest BCUT2D eigenvalue weighted by Gasteiger charge is -2.04. The fourth-order valence-corrected chi connectivity index (χ4v) is 1.90. The summed E-state index contributed by atoms with van der Waals surface area (Å²) >= 11 is 1.41. The normalized spacial score (nSPS) is 10.0. The predicted molar refractivity (Wildman–Crippen MR) is 59.3 cm³/mol. The van der Waals surface area contributed by atoms with Crippen LogP contribution in [0.1, 0.15) is 12.5 Å². The fourth-order valence-electron chi connectivity index (χ4n) is 1.26. The maximum absolute atomic E-state index is 11.0. The Bertz CT molecular complexity index is 404. The topological polar surface area (TPSA) is 60.2 Å². The van der Waals surface area contributed by atoms with Gasteiger partial charge in [0.25, 0.3) is 5.69 Å². The molecule has 0 atom stereocenters. The average molecular weight is 225 g/mol. The lowest BCUT2D eigenvalue weighted by Crippen LogP contribution is -1.99. The third-order valence-electron chi connectivity index (χ3n) is 1.92. The van der Waals surface area contributed by atoms with Crippen LogP contribution in [0.4, 0.5) is 5.69 Å². The van der Waals surface area contributed by atoms with Crippen LogP contribution in [0, 0.1) is 10.1 Å². The third-order valence-corrected chi connectivity index (χ3v) is 2.74. The Balaban J connectivity index is 3.08. The summed E-state index contributed by atoms with van der Waals surface area (Å²) in [5.74, 6) is 0.0548. The van der Waals surface area contributed by atoms with Gasteiger partial charge in [0.15, 0.2) is 0 Å². The van der Waals surface area contributed by atoms with Crippen molar-refractivity contribution in [3.63, 3.8) is 0 Å². The molecule has 0 radical (unpaired) electrons. The zero-order valence-corrected chi connectivity index (χ0v) is 9.34. The van der Waals surface area contributed by atoms with E-state index in [1.54, 1.807) is 6.07 Å². The number of nitro groups is 1. The molecule has 1 aromatic rings. The molecule has 0 saturated heterocycles. The first-order chi connectivity index (χ1) is 7.04. The first-order valence-corrected chi connectivity index (χ1v) is 5.58. The molecule has 1 rings (SSSR count). The minimum Gasteiger partial charge on any atom is -0.300 e. The van der Waals surface area contributed by atoms with Crippen LogP contribution in [0.15, 0.2) is 23.1 Å². The molecule has 15 heavy (non-hydrogen) atoms. The zero-order chi connectivity index (χ0) is 11.4. The number of Topliss-reactive ketones (excluding diaryl/α,β-unsaturated/α-hetero) is 1. The highest BCUT2D eigenvalue weighted by molar-refractivity contribution is 7.98. The third kappa shape index (κ3) is 3.06. The van der Waals surface area contributed by atoms with Gasteiger partial charge in [-0.2, -0.15) is 0 Å². The van der Waals surface area contributed by atoms with Gasteiger partial charge in [-0.1, -0.05) is 6.07 Å². The van der Waals surface area contributed by atoms with E-state index < -0.39 is 4.92 Å². The molecule has 0 aliphatic carbocycles. The van der Waals surface area contributed by atoms with Crippen molar-refractivity contribution in [2.75, 3.05) is 6.26 Å². The Kier molecular flexibility index (Phi) is 3.85. The fraction of sp³-hybridized carbons (Fsp3) is 0.300. The summed E-state index contributed by atoms with van der Waals surface area (Å²) in [6, 6.07) is 4.58. The average Bonchev–Trinajstić information content (AvgIpc) is 2.17. The lowest BCUT2D eigenvalue weighted by atomic mass is 10.1. The molecule has 0 amide bonds. The molecule has 0 unspecified atom stereocenters. The second kappa shape index (κ2) is 4.93. The number of carbonyl (C=O) groups is 1. The summed E-state index contributed by atoms with van der Waals surface area (Å²) in [6.07, 6.45) is 2.16. The van der Waals surface area contributed by atoms with Crippen LogP contribution in [0.5, 0.6) is 0 Å². The minimum atomic E-state index is -0.433. The number of thioether (sulfide) groups is 1. The Morgan fingerprint density at radius 1 is 1.53 bits per heavy atom. The monoisotopic (exact) mass is 225 g/mol. The van der Waals surface area contributed by atoms with Crippen LogP contribution >= 0.6 is 11.8 Å². The molecule has 0 aliphatic heterocycles. The van der Waals surface area contributed by atoms with E-state index in [2.05, 4.69) is 0 Å². The standard InChI is InChI=1S/C10H11NO3S/c1-7(12)5-8-3-4-9(11(13)14)6-10(8)15-2/h3-4,6H,5H2,1-2H3. The number of rotatable bonds is 4. The second-order valence-corrected chi connectivity index (χ2v) is 3.98. The van der Waals surface area contributed by atoms with Crippen molar-refractivity contribution in [2.45, 2.75) is 18.2 Å². The number of hydrogen-bond donors (Lipinski definition) is 0. The molecule has 4 nitrogen and oxygen atoms in total. The molecule has 0 aromatic heterocycles. The molecule has 0 heterocycles. The molecule has 0 spiro atoms. The van der Waals surface area contributed by atoms with Crippen LogP contribution in [0.2, 0.25) is 0 Å². The van der Waals surface area contributed by atoms with Crippen molar-refractivity contribution < 1.29 is 9.72 Å². The number of benzene rings is 1. The summed E-state index contributed by atoms with van der Waals surface area (Å²) < 4.78 is 0. The first kappa shape index (κ1) is 11.7. The number of ketones is 1. The highest BCUT2D eigenvalue weighted by atomic mass is 32.2. The van der Waals surface area contributed by atoms with Gasteiger partial charge in [-0.15, -0.1) is 11.8 Å². The molecule has 1 aromatic carbocycles. The van der Waals surface area contributed by atoms with Crippen LogP contribution in [0.3, 0.4) is 0 Å². The van der Waals surface area contributed by atoms with Crippen molar-refractivity contribution in [3.05, 3.63) is 33.9 Å². The van der Waals surface area contributed by atoms with Gasteiger partial charge in [0.2, 0.25) is 0 Å². The van der Waals surface area contributed by atoms with E-state index >= 15 is 0 Å². The summed E-state index contributed by atoms with van der Waals surface area (Å²) in [5.41, 5.74) is 0.909. The zero-order valence-electron chi connectivity index (χ0n) is 8.52. The molecule has 0 fully saturated rings. The maximum atomic E-state index is 11.0. The smallest absolute Gasteiger partial charge is 0.270 e. The number of carbonyl (C=O) groups excluding carboxylic acids is 1. The van der Waals surface area contributed by atoms with E-state index in [4.69, 9.17) is 0 Å².